The van der Waals surface area contributed by atoms with Gasteiger partial charge < -0.3 is 10.4 Å². The predicted molar refractivity (Wildman–Crippen MR) is 77.9 cm³/mol. The molecule has 2 aromatic rings. The summed E-state index contributed by atoms with van der Waals surface area (Å²) >= 11 is 1.21. The van der Waals surface area contributed by atoms with Gasteiger partial charge in [-0.3, -0.25) is 4.79 Å². The van der Waals surface area contributed by atoms with Crippen LogP contribution in [0.2, 0.25) is 0 Å². The van der Waals surface area contributed by atoms with Gasteiger partial charge in [0.05, 0.1) is 11.2 Å². The first-order chi connectivity index (χ1) is 9.97. The first kappa shape index (κ1) is 14.9. The average molecular weight is 306 g/mol. The molecule has 21 heavy (non-hydrogen) atoms. The predicted octanol–water partition coefficient (Wildman–Crippen LogP) is 2.94. The van der Waals surface area contributed by atoms with Crippen LogP contribution in [0.3, 0.4) is 0 Å². The van der Waals surface area contributed by atoms with Crippen molar-refractivity contribution in [3.05, 3.63) is 51.7 Å². The normalized spacial score (nSPS) is 10.8. The minimum absolute atomic E-state index is 0.0798. The SMILES string of the molecule is Cc1ncsc1C(=O)Nc1ccc(F)c(/C=C/C(=O)O)c1. The molecule has 108 valence electrons. The number of benzene rings is 1. The van der Waals surface area contributed by atoms with Crippen molar-refractivity contribution in [1.29, 1.82) is 0 Å². The number of aliphatic carboxylic acids is 1. The fourth-order valence-corrected chi connectivity index (χ4v) is 2.32. The zero-order chi connectivity index (χ0) is 15.4. The molecule has 0 fully saturated rings. The summed E-state index contributed by atoms with van der Waals surface area (Å²) in [5.74, 6) is -2.08. The molecule has 0 spiro atoms. The number of halogens is 1. The molecule has 2 N–H and O–H groups in total. The van der Waals surface area contributed by atoms with Gasteiger partial charge in [-0.05, 0) is 31.2 Å². The second-order valence-electron chi connectivity index (χ2n) is 4.13. The highest BCUT2D eigenvalue weighted by Gasteiger charge is 2.12. The molecule has 7 heteroatoms. The molecule has 0 saturated carbocycles. The molecule has 1 heterocycles. The third-order valence-corrected chi connectivity index (χ3v) is 3.54. The summed E-state index contributed by atoms with van der Waals surface area (Å²) in [7, 11) is 0. The van der Waals surface area contributed by atoms with Crippen molar-refractivity contribution in [2.45, 2.75) is 6.92 Å². The molecule has 1 aromatic heterocycles. The van der Waals surface area contributed by atoms with Gasteiger partial charge >= 0.3 is 5.97 Å². The van der Waals surface area contributed by atoms with Gasteiger partial charge in [0, 0.05) is 17.3 Å². The maximum absolute atomic E-state index is 13.5. The van der Waals surface area contributed by atoms with Crippen molar-refractivity contribution in [3.63, 3.8) is 0 Å². The van der Waals surface area contributed by atoms with Crippen LogP contribution in [0.4, 0.5) is 10.1 Å². The molecule has 0 radical (unpaired) electrons. The number of carboxylic acids is 1. The largest absolute Gasteiger partial charge is 0.478 e. The van der Waals surface area contributed by atoms with Crippen LogP contribution in [0.5, 0.6) is 0 Å². The molecule has 0 aliphatic carbocycles. The van der Waals surface area contributed by atoms with Crippen molar-refractivity contribution in [1.82, 2.24) is 4.98 Å². The molecule has 0 unspecified atom stereocenters. The summed E-state index contributed by atoms with van der Waals surface area (Å²) in [5.41, 5.74) is 2.64. The van der Waals surface area contributed by atoms with E-state index in [-0.39, 0.29) is 11.5 Å². The number of carbonyl (C=O) groups excluding carboxylic acids is 1. The maximum Gasteiger partial charge on any atom is 0.328 e. The second-order valence-corrected chi connectivity index (χ2v) is 4.98. The maximum atomic E-state index is 13.5. The van der Waals surface area contributed by atoms with E-state index < -0.39 is 11.8 Å². The Morgan fingerprint density at radius 2 is 2.19 bits per heavy atom. The molecule has 0 saturated heterocycles. The Morgan fingerprint density at radius 3 is 2.81 bits per heavy atom. The Kier molecular flexibility index (Phi) is 4.44. The lowest BCUT2D eigenvalue weighted by Crippen LogP contribution is -2.11. The summed E-state index contributed by atoms with van der Waals surface area (Å²) in [5, 5.41) is 11.2. The van der Waals surface area contributed by atoms with Crippen LogP contribution in [0.15, 0.2) is 29.8 Å². The van der Waals surface area contributed by atoms with E-state index in [9.17, 15) is 14.0 Å². The molecular weight excluding hydrogens is 295 g/mol. The van der Waals surface area contributed by atoms with E-state index >= 15 is 0 Å². The average Bonchev–Trinajstić information content (AvgIpc) is 2.85. The smallest absolute Gasteiger partial charge is 0.328 e. The fourth-order valence-electron chi connectivity index (χ4n) is 1.62. The summed E-state index contributed by atoms with van der Waals surface area (Å²) in [6, 6.07) is 3.93. The number of thiazole rings is 1. The second kappa shape index (κ2) is 6.27. The number of hydrogen-bond acceptors (Lipinski definition) is 4. The Bertz CT molecular complexity index is 725. The van der Waals surface area contributed by atoms with E-state index in [4.69, 9.17) is 5.11 Å². The first-order valence-corrected chi connectivity index (χ1v) is 6.77. The Hall–Kier alpha value is -2.54. The Balaban J connectivity index is 2.21. The van der Waals surface area contributed by atoms with E-state index in [0.717, 1.165) is 18.2 Å². The van der Waals surface area contributed by atoms with E-state index in [1.54, 1.807) is 12.4 Å². The third-order valence-electron chi connectivity index (χ3n) is 2.61. The van der Waals surface area contributed by atoms with Crippen molar-refractivity contribution < 1.29 is 19.1 Å². The van der Waals surface area contributed by atoms with Crippen LogP contribution in [0.25, 0.3) is 6.08 Å². The summed E-state index contributed by atoms with van der Waals surface area (Å²) < 4.78 is 13.5. The third kappa shape index (κ3) is 3.73. The van der Waals surface area contributed by atoms with Crippen LogP contribution < -0.4 is 5.32 Å². The zero-order valence-corrected chi connectivity index (χ0v) is 11.8. The number of aryl methyl sites for hydroxylation is 1. The van der Waals surface area contributed by atoms with Gasteiger partial charge in [0.25, 0.3) is 5.91 Å². The minimum Gasteiger partial charge on any atom is -0.478 e. The van der Waals surface area contributed by atoms with E-state index in [0.29, 0.717) is 16.3 Å². The van der Waals surface area contributed by atoms with E-state index in [1.807, 2.05) is 0 Å². The number of nitrogens with zero attached hydrogens (tertiary/aromatic N) is 1. The summed E-state index contributed by atoms with van der Waals surface area (Å²) in [4.78, 5) is 26.9. The van der Waals surface area contributed by atoms with Crippen LogP contribution in [-0.4, -0.2) is 22.0 Å². The fraction of sp³-hybridized carbons (Fsp3) is 0.0714. The lowest BCUT2D eigenvalue weighted by atomic mass is 10.1. The summed E-state index contributed by atoms with van der Waals surface area (Å²) in [6.07, 6.45) is 1.96. The van der Waals surface area contributed by atoms with E-state index in [1.165, 1.54) is 23.5 Å². The molecule has 5 nitrogen and oxygen atoms in total. The van der Waals surface area contributed by atoms with Crippen LogP contribution in [-0.2, 0) is 4.79 Å². The van der Waals surface area contributed by atoms with E-state index in [2.05, 4.69) is 10.3 Å². The number of nitrogens with one attached hydrogen (secondary N) is 1. The standard InChI is InChI=1S/C14H11FN2O3S/c1-8-13(21-7-16-8)14(20)17-10-3-4-11(15)9(6-10)2-5-12(18)19/h2-7H,1H3,(H,17,20)(H,18,19)/b5-2+. The number of amides is 1. The van der Waals surface area contributed by atoms with Gasteiger partial charge in [0.15, 0.2) is 0 Å². The molecule has 2 rings (SSSR count). The van der Waals surface area contributed by atoms with Crippen molar-refractivity contribution in [2.24, 2.45) is 0 Å². The first-order valence-electron chi connectivity index (χ1n) is 5.89. The number of carboxylic acid groups (broad SMARTS) is 1. The lowest BCUT2D eigenvalue weighted by molar-refractivity contribution is -0.131. The topological polar surface area (TPSA) is 79.3 Å². The number of aromatic nitrogens is 1. The highest BCUT2D eigenvalue weighted by Crippen LogP contribution is 2.19. The number of anilines is 1. The molecule has 1 amide bonds. The molecule has 0 bridgehead atoms. The zero-order valence-electron chi connectivity index (χ0n) is 11.0. The summed E-state index contributed by atoms with van der Waals surface area (Å²) in [6.45, 7) is 1.72. The molecule has 0 atom stereocenters. The van der Waals surface area contributed by atoms with Gasteiger partial charge in [0.1, 0.15) is 10.7 Å². The highest BCUT2D eigenvalue weighted by molar-refractivity contribution is 7.12. The number of hydrogen-bond donors (Lipinski definition) is 2. The number of carbonyl (C=O) groups is 2. The minimum atomic E-state index is -1.18. The van der Waals surface area contributed by atoms with Crippen molar-refractivity contribution >= 4 is 35.0 Å². The van der Waals surface area contributed by atoms with Gasteiger partial charge in [-0.15, -0.1) is 11.3 Å². The van der Waals surface area contributed by atoms with Gasteiger partial charge in [-0.2, -0.15) is 0 Å². The van der Waals surface area contributed by atoms with Gasteiger partial charge in [-0.1, -0.05) is 0 Å². The highest BCUT2D eigenvalue weighted by atomic mass is 32.1. The number of rotatable bonds is 4. The van der Waals surface area contributed by atoms with Crippen LogP contribution >= 0.6 is 11.3 Å². The van der Waals surface area contributed by atoms with Gasteiger partial charge in [-0.25, -0.2) is 14.2 Å². The molecule has 1 aromatic carbocycles. The Morgan fingerprint density at radius 1 is 1.43 bits per heavy atom. The van der Waals surface area contributed by atoms with Crippen molar-refractivity contribution in [3.8, 4) is 0 Å². The molecular formula is C14H11FN2O3S. The van der Waals surface area contributed by atoms with Gasteiger partial charge in [0.2, 0.25) is 0 Å². The van der Waals surface area contributed by atoms with Crippen molar-refractivity contribution in [2.75, 3.05) is 5.32 Å². The quantitative estimate of drug-likeness (QED) is 0.851. The monoisotopic (exact) mass is 306 g/mol. The molecule has 0 aliphatic rings. The van der Waals surface area contributed by atoms with Crippen LogP contribution in [0, 0.1) is 12.7 Å². The van der Waals surface area contributed by atoms with Crippen LogP contribution in [0.1, 0.15) is 20.9 Å². The molecule has 0 aliphatic heterocycles. The Labute approximate surface area is 123 Å². The lowest BCUT2D eigenvalue weighted by Gasteiger charge is -2.06.